The Morgan fingerprint density at radius 1 is 1.14 bits per heavy atom. The zero-order valence-corrected chi connectivity index (χ0v) is 9.04. The number of hydrogen-bond acceptors (Lipinski definition) is 1. The van der Waals surface area contributed by atoms with E-state index in [9.17, 15) is 0 Å². The molecule has 0 spiro atoms. The molecule has 0 amide bonds. The van der Waals surface area contributed by atoms with Crippen molar-refractivity contribution in [2.24, 2.45) is 0 Å². The van der Waals surface area contributed by atoms with Crippen molar-refractivity contribution in [3.8, 4) is 12.3 Å². The minimum atomic E-state index is 0.0243. The van der Waals surface area contributed by atoms with Crippen LogP contribution < -0.4 is 5.32 Å². The van der Waals surface area contributed by atoms with Gasteiger partial charge in [-0.1, -0.05) is 44.0 Å². The Balaban J connectivity index is 2.88. The van der Waals surface area contributed by atoms with E-state index in [1.165, 1.54) is 5.56 Å². The van der Waals surface area contributed by atoms with Gasteiger partial charge in [0.2, 0.25) is 0 Å². The van der Waals surface area contributed by atoms with Crippen LogP contribution >= 0.6 is 0 Å². The molecule has 1 nitrogen and oxygen atoms in total. The van der Waals surface area contributed by atoms with Crippen molar-refractivity contribution < 1.29 is 0 Å². The third-order valence-electron chi connectivity index (χ3n) is 2.39. The van der Waals surface area contributed by atoms with Gasteiger partial charge in [-0.2, -0.15) is 0 Å². The quantitative estimate of drug-likeness (QED) is 0.717. The summed E-state index contributed by atoms with van der Waals surface area (Å²) in [6.07, 6.45) is 5.40. The van der Waals surface area contributed by atoms with Crippen LogP contribution in [0.2, 0.25) is 0 Å². The second-order valence-corrected chi connectivity index (χ2v) is 3.71. The molecule has 0 aliphatic heterocycles. The Morgan fingerprint density at radius 2 is 1.64 bits per heavy atom. The Bertz CT molecular complexity index is 316. The summed E-state index contributed by atoms with van der Waals surface area (Å²) in [4.78, 5) is 0. The van der Waals surface area contributed by atoms with Crippen LogP contribution in [0.15, 0.2) is 24.3 Å². The number of hydrogen-bond donors (Lipinski definition) is 1. The van der Waals surface area contributed by atoms with Gasteiger partial charge in [-0.3, -0.25) is 0 Å². The second kappa shape index (κ2) is 4.83. The lowest BCUT2D eigenvalue weighted by atomic mass is 9.99. The third-order valence-corrected chi connectivity index (χ3v) is 2.39. The van der Waals surface area contributed by atoms with E-state index in [2.05, 4.69) is 49.4 Å². The van der Waals surface area contributed by atoms with Crippen LogP contribution in [0.1, 0.15) is 36.9 Å². The summed E-state index contributed by atoms with van der Waals surface area (Å²) in [5.74, 6) is 3.28. The number of terminal acetylenes is 1. The van der Waals surface area contributed by atoms with Crippen molar-refractivity contribution in [2.45, 2.75) is 25.8 Å². The topological polar surface area (TPSA) is 12.0 Å². The van der Waals surface area contributed by atoms with E-state index in [4.69, 9.17) is 6.42 Å². The third kappa shape index (κ3) is 2.37. The van der Waals surface area contributed by atoms with Crippen LogP contribution in [0.3, 0.4) is 0 Å². The highest BCUT2D eigenvalue weighted by atomic mass is 14.9. The van der Waals surface area contributed by atoms with E-state index in [0.717, 1.165) is 5.56 Å². The molecule has 1 atom stereocenters. The normalized spacial score (nSPS) is 12.5. The maximum Gasteiger partial charge on any atom is 0.0940 e. The fourth-order valence-corrected chi connectivity index (χ4v) is 1.42. The zero-order chi connectivity index (χ0) is 10.6. The summed E-state index contributed by atoms with van der Waals surface area (Å²) in [6.45, 7) is 4.37. The monoisotopic (exact) mass is 187 g/mol. The number of benzene rings is 1. The highest BCUT2D eigenvalue weighted by molar-refractivity contribution is 5.30. The molecule has 1 unspecified atom stereocenters. The molecule has 1 heteroatoms. The molecular formula is C13H17N. The van der Waals surface area contributed by atoms with E-state index in [0.29, 0.717) is 5.92 Å². The first-order valence-corrected chi connectivity index (χ1v) is 4.92. The lowest BCUT2D eigenvalue weighted by Crippen LogP contribution is -2.13. The number of rotatable bonds is 3. The molecular weight excluding hydrogens is 170 g/mol. The highest BCUT2D eigenvalue weighted by Crippen LogP contribution is 2.17. The Hall–Kier alpha value is -1.26. The van der Waals surface area contributed by atoms with Gasteiger partial charge in [-0.15, -0.1) is 6.42 Å². The number of nitrogens with one attached hydrogen (secondary N) is 1. The molecule has 0 aliphatic rings. The molecule has 74 valence electrons. The standard InChI is InChI=1S/C13H17N/c1-5-13(14-4)12-8-6-11(7-9-12)10(2)3/h1,6-10,13-14H,2-4H3. The summed E-state index contributed by atoms with van der Waals surface area (Å²) < 4.78 is 0. The molecule has 1 rings (SSSR count). The summed E-state index contributed by atoms with van der Waals surface area (Å²) in [5, 5.41) is 3.08. The van der Waals surface area contributed by atoms with Gasteiger partial charge in [0.25, 0.3) is 0 Å². The fourth-order valence-electron chi connectivity index (χ4n) is 1.42. The fraction of sp³-hybridized carbons (Fsp3) is 0.385. The van der Waals surface area contributed by atoms with Crippen LogP contribution in [0, 0.1) is 12.3 Å². The van der Waals surface area contributed by atoms with Crippen LogP contribution in [0.4, 0.5) is 0 Å². The van der Waals surface area contributed by atoms with Crippen LogP contribution in [0.25, 0.3) is 0 Å². The van der Waals surface area contributed by atoms with Gasteiger partial charge in [0.1, 0.15) is 0 Å². The van der Waals surface area contributed by atoms with Gasteiger partial charge < -0.3 is 5.32 Å². The summed E-state index contributed by atoms with van der Waals surface area (Å²) in [6, 6.07) is 8.49. The Morgan fingerprint density at radius 3 is 2.00 bits per heavy atom. The molecule has 1 N–H and O–H groups in total. The maximum absolute atomic E-state index is 5.40. The van der Waals surface area contributed by atoms with Crippen molar-refractivity contribution in [1.29, 1.82) is 0 Å². The van der Waals surface area contributed by atoms with Crippen LogP contribution in [0.5, 0.6) is 0 Å². The Labute approximate surface area is 86.5 Å². The van der Waals surface area contributed by atoms with E-state index < -0.39 is 0 Å². The predicted octanol–water partition coefficient (Wildman–Crippen LogP) is 2.70. The van der Waals surface area contributed by atoms with Crippen molar-refractivity contribution in [3.63, 3.8) is 0 Å². The first-order valence-electron chi connectivity index (χ1n) is 4.92. The predicted molar refractivity (Wildman–Crippen MR) is 61.2 cm³/mol. The van der Waals surface area contributed by atoms with E-state index >= 15 is 0 Å². The smallest absolute Gasteiger partial charge is 0.0940 e. The average molecular weight is 187 g/mol. The van der Waals surface area contributed by atoms with Crippen molar-refractivity contribution in [1.82, 2.24) is 5.32 Å². The van der Waals surface area contributed by atoms with E-state index in [1.807, 2.05) is 7.05 Å². The van der Waals surface area contributed by atoms with Gasteiger partial charge >= 0.3 is 0 Å². The maximum atomic E-state index is 5.40. The van der Waals surface area contributed by atoms with Crippen LogP contribution in [-0.2, 0) is 0 Å². The molecule has 1 aromatic rings. The second-order valence-electron chi connectivity index (χ2n) is 3.71. The van der Waals surface area contributed by atoms with Gasteiger partial charge in [0.05, 0.1) is 6.04 Å². The molecule has 0 aliphatic carbocycles. The van der Waals surface area contributed by atoms with Gasteiger partial charge in [-0.25, -0.2) is 0 Å². The summed E-state index contributed by atoms with van der Waals surface area (Å²) in [7, 11) is 1.88. The molecule has 0 aromatic heterocycles. The largest absolute Gasteiger partial charge is 0.303 e. The van der Waals surface area contributed by atoms with Gasteiger partial charge in [0, 0.05) is 0 Å². The lowest BCUT2D eigenvalue weighted by molar-refractivity contribution is 0.735. The molecule has 0 heterocycles. The molecule has 0 radical (unpaired) electrons. The first-order chi connectivity index (χ1) is 6.69. The van der Waals surface area contributed by atoms with Gasteiger partial charge in [-0.05, 0) is 24.1 Å². The summed E-state index contributed by atoms with van der Waals surface area (Å²) in [5.41, 5.74) is 2.50. The average Bonchev–Trinajstić information content (AvgIpc) is 2.20. The van der Waals surface area contributed by atoms with Crippen molar-refractivity contribution >= 4 is 0 Å². The molecule has 0 saturated carbocycles. The molecule has 0 fully saturated rings. The Kier molecular flexibility index (Phi) is 3.73. The lowest BCUT2D eigenvalue weighted by Gasteiger charge is -2.11. The molecule has 0 bridgehead atoms. The molecule has 0 saturated heterocycles. The van der Waals surface area contributed by atoms with Crippen LogP contribution in [-0.4, -0.2) is 7.05 Å². The zero-order valence-electron chi connectivity index (χ0n) is 9.04. The minimum absolute atomic E-state index is 0.0243. The minimum Gasteiger partial charge on any atom is -0.303 e. The van der Waals surface area contributed by atoms with E-state index in [-0.39, 0.29) is 6.04 Å². The van der Waals surface area contributed by atoms with Gasteiger partial charge in [0.15, 0.2) is 0 Å². The highest BCUT2D eigenvalue weighted by Gasteiger charge is 2.05. The van der Waals surface area contributed by atoms with Crippen molar-refractivity contribution in [2.75, 3.05) is 7.05 Å². The molecule has 1 aromatic carbocycles. The summed E-state index contributed by atoms with van der Waals surface area (Å²) >= 11 is 0. The van der Waals surface area contributed by atoms with E-state index in [1.54, 1.807) is 0 Å². The SMILES string of the molecule is C#CC(NC)c1ccc(C(C)C)cc1. The van der Waals surface area contributed by atoms with Crippen molar-refractivity contribution in [3.05, 3.63) is 35.4 Å². The molecule has 14 heavy (non-hydrogen) atoms. The first kappa shape index (κ1) is 10.8.